The van der Waals surface area contributed by atoms with Gasteiger partial charge in [0.05, 0.1) is 5.69 Å². The predicted octanol–water partition coefficient (Wildman–Crippen LogP) is 1.51. The molecule has 2 aromatic heterocycles. The van der Waals surface area contributed by atoms with E-state index in [0.717, 1.165) is 5.69 Å². The van der Waals surface area contributed by atoms with Gasteiger partial charge in [0.15, 0.2) is 0 Å². The van der Waals surface area contributed by atoms with Crippen LogP contribution in [0.25, 0.3) is 5.65 Å². The zero-order chi connectivity index (χ0) is 13.4. The SMILES string of the molecule is Cc1cccc2nc(C(=O)c3ccccc3)[n+]([O-])n12. The highest BCUT2D eigenvalue weighted by Gasteiger charge is 2.25. The molecule has 5 heteroatoms. The second-order valence-corrected chi connectivity index (χ2v) is 4.24. The molecule has 0 atom stereocenters. The Bertz CT molecular complexity index is 763. The number of pyridine rings is 1. The molecule has 0 N–H and O–H groups in total. The maximum Gasteiger partial charge on any atom is 0.396 e. The maximum atomic E-state index is 12.3. The third kappa shape index (κ3) is 1.76. The molecule has 0 aliphatic carbocycles. The zero-order valence-electron chi connectivity index (χ0n) is 10.3. The lowest BCUT2D eigenvalue weighted by molar-refractivity contribution is -0.680. The predicted molar refractivity (Wildman–Crippen MR) is 68.8 cm³/mol. The number of ketones is 1. The Balaban J connectivity index is 2.19. The van der Waals surface area contributed by atoms with E-state index in [4.69, 9.17) is 0 Å². The van der Waals surface area contributed by atoms with Crippen molar-refractivity contribution in [2.45, 2.75) is 6.92 Å². The number of nitrogens with zero attached hydrogens (tertiary/aromatic N) is 3. The van der Waals surface area contributed by atoms with Gasteiger partial charge in [-0.25, -0.2) is 0 Å². The van der Waals surface area contributed by atoms with Crippen molar-refractivity contribution >= 4 is 11.4 Å². The highest BCUT2D eigenvalue weighted by atomic mass is 16.5. The van der Waals surface area contributed by atoms with Crippen LogP contribution >= 0.6 is 0 Å². The quantitative estimate of drug-likeness (QED) is 0.395. The topological polar surface area (TPSA) is 61.3 Å². The second-order valence-electron chi connectivity index (χ2n) is 4.24. The Morgan fingerprint density at radius 2 is 1.89 bits per heavy atom. The summed E-state index contributed by atoms with van der Waals surface area (Å²) in [5.41, 5.74) is 1.65. The molecule has 0 unspecified atom stereocenters. The van der Waals surface area contributed by atoms with Crippen LogP contribution in [0.2, 0.25) is 0 Å². The molecule has 3 rings (SSSR count). The minimum atomic E-state index is -0.376. The van der Waals surface area contributed by atoms with Crippen molar-refractivity contribution in [3.63, 3.8) is 0 Å². The lowest BCUT2D eigenvalue weighted by Crippen LogP contribution is -2.40. The monoisotopic (exact) mass is 253 g/mol. The number of benzene rings is 1. The summed E-state index contributed by atoms with van der Waals surface area (Å²) < 4.78 is 1.37. The zero-order valence-corrected chi connectivity index (χ0v) is 10.3. The van der Waals surface area contributed by atoms with Crippen molar-refractivity contribution in [2.24, 2.45) is 0 Å². The maximum absolute atomic E-state index is 12.3. The number of fused-ring (bicyclic) bond motifs is 1. The van der Waals surface area contributed by atoms with Crippen LogP contribution in [0.1, 0.15) is 21.9 Å². The van der Waals surface area contributed by atoms with Gasteiger partial charge in [-0.05, 0) is 18.0 Å². The molecule has 5 nitrogen and oxygen atoms in total. The number of aryl methyl sites for hydroxylation is 1. The molecule has 3 aromatic rings. The van der Waals surface area contributed by atoms with Crippen LogP contribution in [0.3, 0.4) is 0 Å². The fourth-order valence-corrected chi connectivity index (χ4v) is 2.02. The van der Waals surface area contributed by atoms with E-state index in [-0.39, 0.29) is 11.6 Å². The molecule has 0 saturated heterocycles. The van der Waals surface area contributed by atoms with E-state index in [0.29, 0.717) is 16.1 Å². The van der Waals surface area contributed by atoms with Gasteiger partial charge in [-0.2, -0.15) is 0 Å². The molecule has 0 aliphatic rings. The Kier molecular flexibility index (Phi) is 2.52. The van der Waals surface area contributed by atoms with Gasteiger partial charge in [-0.3, -0.25) is 4.79 Å². The molecule has 0 fully saturated rings. The molecule has 2 heterocycles. The van der Waals surface area contributed by atoms with Crippen molar-refractivity contribution < 1.29 is 9.64 Å². The third-order valence-electron chi connectivity index (χ3n) is 2.96. The minimum Gasteiger partial charge on any atom is -0.692 e. The van der Waals surface area contributed by atoms with E-state index in [1.807, 2.05) is 6.07 Å². The van der Waals surface area contributed by atoms with Gasteiger partial charge in [-0.1, -0.05) is 36.4 Å². The summed E-state index contributed by atoms with van der Waals surface area (Å²) in [6.45, 7) is 1.79. The van der Waals surface area contributed by atoms with E-state index in [2.05, 4.69) is 4.98 Å². The van der Waals surface area contributed by atoms with Gasteiger partial charge in [-0.15, -0.1) is 9.36 Å². The first kappa shape index (κ1) is 11.4. The van der Waals surface area contributed by atoms with Crippen LogP contribution < -0.4 is 4.85 Å². The first-order valence-corrected chi connectivity index (χ1v) is 5.86. The molecular weight excluding hydrogens is 242 g/mol. The van der Waals surface area contributed by atoms with Crippen LogP contribution in [-0.4, -0.2) is 15.3 Å². The molecule has 0 spiro atoms. The van der Waals surface area contributed by atoms with Gasteiger partial charge >= 0.3 is 5.82 Å². The Morgan fingerprint density at radius 3 is 2.58 bits per heavy atom. The van der Waals surface area contributed by atoms with Gasteiger partial charge in [0.25, 0.3) is 11.4 Å². The molecule has 0 radical (unpaired) electrons. The van der Waals surface area contributed by atoms with Crippen LogP contribution in [-0.2, 0) is 0 Å². The van der Waals surface area contributed by atoms with Crippen molar-refractivity contribution in [3.05, 3.63) is 70.8 Å². The number of hydrogen-bond donors (Lipinski definition) is 0. The Hall–Kier alpha value is -2.69. The summed E-state index contributed by atoms with van der Waals surface area (Å²) in [5, 5.41) is 12.2. The van der Waals surface area contributed by atoms with Crippen molar-refractivity contribution in [1.82, 2.24) is 9.50 Å². The minimum absolute atomic E-state index is 0.111. The molecule has 0 saturated carbocycles. The Labute approximate surface area is 109 Å². The molecule has 19 heavy (non-hydrogen) atoms. The molecular formula is C14H11N3O2. The number of aromatic nitrogens is 3. The molecule has 94 valence electrons. The van der Waals surface area contributed by atoms with Gasteiger partial charge in [0.1, 0.15) is 0 Å². The number of carbonyl (C=O) groups excluding carboxylic acids is 1. The van der Waals surface area contributed by atoms with Crippen molar-refractivity contribution in [1.29, 1.82) is 0 Å². The standard InChI is InChI=1S/C14H11N3O2/c1-10-6-5-9-12-15-14(17(19)16(10)12)13(18)11-7-3-2-4-8-11/h2-9H,1H3. The summed E-state index contributed by atoms with van der Waals surface area (Å²) in [6.07, 6.45) is 0. The van der Waals surface area contributed by atoms with Crippen molar-refractivity contribution in [2.75, 3.05) is 0 Å². The first-order valence-electron chi connectivity index (χ1n) is 5.86. The number of hydrogen-bond acceptors (Lipinski definition) is 3. The first-order chi connectivity index (χ1) is 9.18. The van der Waals surface area contributed by atoms with E-state index >= 15 is 0 Å². The fraction of sp³-hybridized carbons (Fsp3) is 0.0714. The third-order valence-corrected chi connectivity index (χ3v) is 2.96. The Morgan fingerprint density at radius 1 is 1.16 bits per heavy atom. The van der Waals surface area contributed by atoms with E-state index in [1.54, 1.807) is 49.4 Å². The average molecular weight is 253 g/mol. The summed E-state index contributed by atoms with van der Waals surface area (Å²) in [6, 6.07) is 13.9. The average Bonchev–Trinajstić information content (AvgIpc) is 2.78. The van der Waals surface area contributed by atoms with Gasteiger partial charge in [0, 0.05) is 11.6 Å². The molecule has 0 aliphatic heterocycles. The lowest BCUT2D eigenvalue weighted by atomic mass is 10.1. The van der Waals surface area contributed by atoms with Crippen LogP contribution in [0.5, 0.6) is 0 Å². The van der Waals surface area contributed by atoms with E-state index in [1.165, 1.54) is 4.52 Å². The smallest absolute Gasteiger partial charge is 0.396 e. The normalized spacial score (nSPS) is 10.8. The van der Waals surface area contributed by atoms with Crippen LogP contribution in [0.4, 0.5) is 0 Å². The summed E-state index contributed by atoms with van der Waals surface area (Å²) >= 11 is 0. The molecule has 0 bridgehead atoms. The van der Waals surface area contributed by atoms with Gasteiger partial charge in [0.2, 0.25) is 0 Å². The summed E-state index contributed by atoms with van der Waals surface area (Å²) in [4.78, 5) is 16.9. The lowest BCUT2D eigenvalue weighted by Gasteiger charge is -2.03. The van der Waals surface area contributed by atoms with Crippen LogP contribution in [0.15, 0.2) is 48.5 Å². The number of rotatable bonds is 2. The summed E-state index contributed by atoms with van der Waals surface area (Å²) in [5.74, 6) is -0.487. The number of carbonyl (C=O) groups is 1. The van der Waals surface area contributed by atoms with Crippen LogP contribution in [0, 0.1) is 12.1 Å². The van der Waals surface area contributed by atoms with E-state index in [9.17, 15) is 10.0 Å². The highest BCUT2D eigenvalue weighted by molar-refractivity contribution is 6.05. The van der Waals surface area contributed by atoms with E-state index < -0.39 is 0 Å². The second kappa shape index (κ2) is 4.20. The van der Waals surface area contributed by atoms with Crippen molar-refractivity contribution in [3.8, 4) is 0 Å². The fourth-order valence-electron chi connectivity index (χ4n) is 2.02. The summed E-state index contributed by atoms with van der Waals surface area (Å²) in [7, 11) is 0. The van der Waals surface area contributed by atoms with Gasteiger partial charge < -0.3 is 5.21 Å². The largest absolute Gasteiger partial charge is 0.692 e. The molecule has 0 amide bonds. The molecule has 1 aromatic carbocycles. The highest BCUT2D eigenvalue weighted by Crippen LogP contribution is 2.08.